The third-order valence-corrected chi connectivity index (χ3v) is 1.61. The van der Waals surface area contributed by atoms with Crippen LogP contribution in [0.1, 0.15) is 0 Å². The number of allylic oxidation sites excluding steroid dienone is 2. The lowest BCUT2D eigenvalue weighted by Crippen LogP contribution is -2.20. The molecule has 0 aromatic rings. The molecule has 12 heavy (non-hydrogen) atoms. The highest BCUT2D eigenvalue weighted by Crippen LogP contribution is 2.21. The van der Waals surface area contributed by atoms with Crippen molar-refractivity contribution in [1.29, 1.82) is 0 Å². The Balaban J connectivity index is 3.06. The maximum absolute atomic E-state index is 10.5. The Bertz CT molecular complexity index is 298. The average Bonchev–Trinajstić information content (AvgIpc) is 2.00. The van der Waals surface area contributed by atoms with Gasteiger partial charge in [-0.3, -0.25) is 0 Å². The Kier molecular flexibility index (Phi) is 2.01. The highest BCUT2D eigenvalue weighted by Gasteiger charge is 2.24. The Hall–Kier alpha value is -1.55. The minimum Gasteiger partial charge on any atom is -0.509 e. The molecule has 0 aromatic heterocycles. The van der Waals surface area contributed by atoms with Crippen molar-refractivity contribution >= 4 is 5.97 Å². The van der Waals surface area contributed by atoms with Crippen LogP contribution in [0.5, 0.6) is 0 Å². The standard InChI is InChI=1S/C8H8O4/c1-4-5(8(11)12)2-3-6(9)7(4)10/h2-3,7,9-10H,1H2,(H,11,12). The van der Waals surface area contributed by atoms with Gasteiger partial charge in [-0.05, 0) is 17.7 Å². The van der Waals surface area contributed by atoms with Crippen molar-refractivity contribution in [3.63, 3.8) is 0 Å². The lowest BCUT2D eigenvalue weighted by atomic mass is 9.96. The number of aliphatic hydroxyl groups is 2. The molecule has 1 atom stereocenters. The van der Waals surface area contributed by atoms with Gasteiger partial charge in [0.1, 0.15) is 11.9 Å². The largest absolute Gasteiger partial charge is 0.509 e. The van der Waals surface area contributed by atoms with Crippen LogP contribution in [0.4, 0.5) is 0 Å². The first kappa shape index (κ1) is 8.55. The van der Waals surface area contributed by atoms with Gasteiger partial charge in [-0.2, -0.15) is 0 Å². The molecular weight excluding hydrogens is 160 g/mol. The minimum absolute atomic E-state index is 0.00231. The highest BCUT2D eigenvalue weighted by atomic mass is 16.4. The zero-order valence-electron chi connectivity index (χ0n) is 6.19. The van der Waals surface area contributed by atoms with E-state index in [0.29, 0.717) is 0 Å². The lowest BCUT2D eigenvalue weighted by Gasteiger charge is -2.16. The van der Waals surface area contributed by atoms with E-state index in [0.717, 1.165) is 6.08 Å². The monoisotopic (exact) mass is 168 g/mol. The van der Waals surface area contributed by atoms with Gasteiger partial charge < -0.3 is 15.3 Å². The number of hydrogen-bond donors (Lipinski definition) is 3. The molecular formula is C8H8O4. The lowest BCUT2D eigenvalue weighted by molar-refractivity contribution is -0.132. The van der Waals surface area contributed by atoms with Gasteiger partial charge in [-0.15, -0.1) is 0 Å². The molecule has 0 spiro atoms. The second-order valence-corrected chi connectivity index (χ2v) is 2.40. The van der Waals surface area contributed by atoms with Crippen LogP contribution in [0, 0.1) is 0 Å². The summed E-state index contributed by atoms with van der Waals surface area (Å²) < 4.78 is 0. The molecule has 4 heteroatoms. The van der Waals surface area contributed by atoms with E-state index in [4.69, 9.17) is 15.3 Å². The smallest absolute Gasteiger partial charge is 0.336 e. The number of carboxylic acid groups (broad SMARTS) is 1. The van der Waals surface area contributed by atoms with E-state index in [1.165, 1.54) is 6.08 Å². The van der Waals surface area contributed by atoms with Crippen molar-refractivity contribution in [2.24, 2.45) is 0 Å². The number of hydrogen-bond acceptors (Lipinski definition) is 3. The van der Waals surface area contributed by atoms with Crippen LogP contribution < -0.4 is 0 Å². The summed E-state index contributed by atoms with van der Waals surface area (Å²) in [7, 11) is 0. The van der Waals surface area contributed by atoms with E-state index in [-0.39, 0.29) is 16.9 Å². The molecule has 1 aliphatic carbocycles. The molecule has 4 nitrogen and oxygen atoms in total. The van der Waals surface area contributed by atoms with E-state index < -0.39 is 12.1 Å². The summed E-state index contributed by atoms with van der Waals surface area (Å²) >= 11 is 0. The molecule has 64 valence electrons. The second kappa shape index (κ2) is 2.83. The molecule has 0 saturated carbocycles. The van der Waals surface area contributed by atoms with Crippen molar-refractivity contribution in [1.82, 2.24) is 0 Å². The topological polar surface area (TPSA) is 77.8 Å². The van der Waals surface area contributed by atoms with Gasteiger partial charge in [0.05, 0.1) is 5.57 Å². The van der Waals surface area contributed by atoms with Crippen LogP contribution in [0.3, 0.4) is 0 Å². The van der Waals surface area contributed by atoms with Crippen molar-refractivity contribution in [3.05, 3.63) is 35.6 Å². The first-order valence-corrected chi connectivity index (χ1v) is 3.25. The fraction of sp³-hybridized carbons (Fsp3) is 0.125. The maximum Gasteiger partial charge on any atom is 0.336 e. The van der Waals surface area contributed by atoms with Crippen molar-refractivity contribution < 1.29 is 20.1 Å². The van der Waals surface area contributed by atoms with Crippen LogP contribution >= 0.6 is 0 Å². The van der Waals surface area contributed by atoms with Gasteiger partial charge in [0.2, 0.25) is 0 Å². The van der Waals surface area contributed by atoms with Crippen LogP contribution in [0.2, 0.25) is 0 Å². The maximum atomic E-state index is 10.5. The molecule has 0 radical (unpaired) electrons. The summed E-state index contributed by atoms with van der Waals surface area (Å²) in [5, 5.41) is 26.7. The summed E-state index contributed by atoms with van der Waals surface area (Å²) in [6.07, 6.45) is 1.05. The average molecular weight is 168 g/mol. The predicted octanol–water partition coefficient (Wildman–Crippen LogP) is 0.370. The van der Waals surface area contributed by atoms with Gasteiger partial charge in [-0.1, -0.05) is 6.58 Å². The minimum atomic E-state index is -1.29. The SMILES string of the molecule is C=C1C(C(=O)O)=CC=C(O)C1O. The molecule has 1 rings (SSSR count). The van der Waals surface area contributed by atoms with Crippen LogP contribution in [-0.4, -0.2) is 27.4 Å². The van der Waals surface area contributed by atoms with Crippen molar-refractivity contribution in [2.75, 3.05) is 0 Å². The summed E-state index contributed by atoms with van der Waals surface area (Å²) in [4.78, 5) is 10.5. The normalized spacial score (nSPS) is 23.1. The van der Waals surface area contributed by atoms with E-state index in [9.17, 15) is 4.79 Å². The second-order valence-electron chi connectivity index (χ2n) is 2.40. The first-order valence-electron chi connectivity index (χ1n) is 3.25. The Morgan fingerprint density at radius 3 is 2.58 bits per heavy atom. The quantitative estimate of drug-likeness (QED) is 0.528. The molecule has 0 amide bonds. The van der Waals surface area contributed by atoms with Gasteiger partial charge in [-0.25, -0.2) is 4.79 Å². The molecule has 0 bridgehead atoms. The van der Waals surface area contributed by atoms with Gasteiger partial charge in [0.15, 0.2) is 0 Å². The number of rotatable bonds is 1. The zero-order valence-corrected chi connectivity index (χ0v) is 6.19. The molecule has 0 fully saturated rings. The van der Waals surface area contributed by atoms with Crippen LogP contribution in [0.25, 0.3) is 0 Å². The van der Waals surface area contributed by atoms with Crippen molar-refractivity contribution in [2.45, 2.75) is 6.10 Å². The Labute approximate surface area is 68.8 Å². The van der Waals surface area contributed by atoms with E-state index >= 15 is 0 Å². The number of carboxylic acids is 1. The summed E-state index contributed by atoms with van der Waals surface area (Å²) in [6.45, 7) is 3.35. The third-order valence-electron chi connectivity index (χ3n) is 1.61. The fourth-order valence-corrected chi connectivity index (χ4v) is 0.901. The highest BCUT2D eigenvalue weighted by molar-refractivity contribution is 5.93. The molecule has 0 heterocycles. The molecule has 0 aromatic carbocycles. The molecule has 3 N–H and O–H groups in total. The third kappa shape index (κ3) is 1.24. The Morgan fingerprint density at radius 2 is 2.08 bits per heavy atom. The van der Waals surface area contributed by atoms with E-state index in [1.54, 1.807) is 0 Å². The van der Waals surface area contributed by atoms with Gasteiger partial charge in [0.25, 0.3) is 0 Å². The van der Waals surface area contributed by atoms with Crippen LogP contribution in [0.15, 0.2) is 35.6 Å². The van der Waals surface area contributed by atoms with Crippen molar-refractivity contribution in [3.8, 4) is 0 Å². The van der Waals surface area contributed by atoms with E-state index in [1.807, 2.05) is 0 Å². The number of carbonyl (C=O) groups is 1. The molecule has 1 unspecified atom stereocenters. The summed E-state index contributed by atoms with van der Waals surface area (Å²) in [5.41, 5.74) is -0.0807. The summed E-state index contributed by atoms with van der Waals surface area (Å²) in [6, 6.07) is 0. The fourth-order valence-electron chi connectivity index (χ4n) is 0.901. The number of aliphatic hydroxyl groups excluding tert-OH is 2. The Morgan fingerprint density at radius 1 is 1.50 bits per heavy atom. The predicted molar refractivity (Wildman–Crippen MR) is 41.6 cm³/mol. The first-order chi connectivity index (χ1) is 5.54. The van der Waals surface area contributed by atoms with Crippen LogP contribution in [-0.2, 0) is 4.79 Å². The summed E-state index contributed by atoms with van der Waals surface area (Å²) in [5.74, 6) is -1.45. The van der Waals surface area contributed by atoms with Gasteiger partial charge >= 0.3 is 5.97 Å². The number of aliphatic carboxylic acids is 1. The van der Waals surface area contributed by atoms with Gasteiger partial charge in [0, 0.05) is 0 Å². The molecule has 1 aliphatic rings. The van der Waals surface area contributed by atoms with E-state index in [2.05, 4.69) is 6.58 Å². The molecule has 0 saturated heterocycles. The molecule has 0 aliphatic heterocycles. The zero-order chi connectivity index (χ0) is 9.30.